The zero-order valence-corrected chi connectivity index (χ0v) is 19.7. The van der Waals surface area contributed by atoms with E-state index in [0.717, 1.165) is 28.9 Å². The molecule has 0 amide bonds. The molecule has 0 aliphatic heterocycles. The van der Waals surface area contributed by atoms with Gasteiger partial charge < -0.3 is 20.1 Å². The van der Waals surface area contributed by atoms with Crippen molar-refractivity contribution < 1.29 is 13.9 Å². The second-order valence-electron chi connectivity index (χ2n) is 6.39. The van der Waals surface area contributed by atoms with Gasteiger partial charge in [0.25, 0.3) is 0 Å². The highest BCUT2D eigenvalue weighted by Gasteiger charge is 2.06. The number of nitrogens with zero attached hydrogens (tertiary/aromatic N) is 1. The standard InChI is InChI=1S/C22H30FN3O2.HI/c1-4-27-13-14-28-21-15-17(2)5-8-19(21)16-26-22(24-3)25-12-11-18-6-9-20(23)10-7-18;/h5-10,15H,4,11-14,16H2,1-3H3,(H2,24,25,26);1H. The third kappa shape index (κ3) is 9.45. The van der Waals surface area contributed by atoms with Gasteiger partial charge in [0, 0.05) is 32.3 Å². The molecule has 2 aromatic rings. The van der Waals surface area contributed by atoms with Gasteiger partial charge in [0.05, 0.1) is 6.61 Å². The molecule has 5 nitrogen and oxygen atoms in total. The topological polar surface area (TPSA) is 54.9 Å². The summed E-state index contributed by atoms with van der Waals surface area (Å²) in [6.07, 6.45) is 0.789. The third-order valence-electron chi connectivity index (χ3n) is 4.20. The monoisotopic (exact) mass is 515 g/mol. The summed E-state index contributed by atoms with van der Waals surface area (Å²) in [6, 6.07) is 12.7. The first-order valence-corrected chi connectivity index (χ1v) is 9.61. The number of aryl methyl sites for hydroxylation is 1. The fourth-order valence-electron chi connectivity index (χ4n) is 2.67. The number of halogens is 2. The Kier molecular flexibility index (Phi) is 12.3. The summed E-state index contributed by atoms with van der Waals surface area (Å²) < 4.78 is 24.2. The highest BCUT2D eigenvalue weighted by molar-refractivity contribution is 14.0. The van der Waals surface area contributed by atoms with Crippen molar-refractivity contribution in [3.05, 3.63) is 65.0 Å². The van der Waals surface area contributed by atoms with Crippen molar-refractivity contribution >= 4 is 29.9 Å². The van der Waals surface area contributed by atoms with Crippen LogP contribution in [0.4, 0.5) is 4.39 Å². The zero-order valence-electron chi connectivity index (χ0n) is 17.3. The van der Waals surface area contributed by atoms with Gasteiger partial charge >= 0.3 is 0 Å². The first kappa shape index (κ1) is 25.2. The molecule has 0 bridgehead atoms. The van der Waals surface area contributed by atoms with E-state index in [1.165, 1.54) is 12.1 Å². The minimum Gasteiger partial charge on any atom is -0.491 e. The Morgan fingerprint density at radius 1 is 1.07 bits per heavy atom. The Bertz CT molecular complexity index is 754. The summed E-state index contributed by atoms with van der Waals surface area (Å²) >= 11 is 0. The molecule has 2 N–H and O–H groups in total. The van der Waals surface area contributed by atoms with Crippen molar-refractivity contribution in [2.75, 3.05) is 33.4 Å². The van der Waals surface area contributed by atoms with Gasteiger partial charge in [0.2, 0.25) is 0 Å². The van der Waals surface area contributed by atoms with Crippen LogP contribution in [0.3, 0.4) is 0 Å². The number of ether oxygens (including phenoxy) is 2. The summed E-state index contributed by atoms with van der Waals surface area (Å²) in [7, 11) is 1.74. The quantitative estimate of drug-likeness (QED) is 0.217. The first-order valence-electron chi connectivity index (χ1n) is 9.61. The van der Waals surface area contributed by atoms with Crippen molar-refractivity contribution in [1.29, 1.82) is 0 Å². The van der Waals surface area contributed by atoms with Gasteiger partial charge in [0.1, 0.15) is 18.2 Å². The van der Waals surface area contributed by atoms with Crippen LogP contribution in [0.2, 0.25) is 0 Å². The van der Waals surface area contributed by atoms with E-state index in [1.54, 1.807) is 19.2 Å². The van der Waals surface area contributed by atoms with Gasteiger partial charge in [-0.05, 0) is 49.6 Å². The molecule has 160 valence electrons. The Labute approximate surface area is 190 Å². The second-order valence-corrected chi connectivity index (χ2v) is 6.39. The molecule has 0 spiro atoms. The maximum atomic E-state index is 13.0. The second kappa shape index (κ2) is 14.2. The Morgan fingerprint density at radius 2 is 1.83 bits per heavy atom. The summed E-state index contributed by atoms with van der Waals surface area (Å²) in [5.74, 6) is 1.35. The van der Waals surface area contributed by atoms with Crippen LogP contribution in [0.5, 0.6) is 5.75 Å². The molecule has 0 atom stereocenters. The first-order chi connectivity index (χ1) is 13.6. The minimum absolute atomic E-state index is 0. The molecular weight excluding hydrogens is 484 g/mol. The van der Waals surface area contributed by atoms with E-state index in [-0.39, 0.29) is 29.8 Å². The number of benzene rings is 2. The number of rotatable bonds is 10. The molecule has 0 unspecified atom stereocenters. The maximum absolute atomic E-state index is 13.0. The van der Waals surface area contributed by atoms with Crippen molar-refractivity contribution in [3.8, 4) is 5.75 Å². The molecule has 7 heteroatoms. The largest absolute Gasteiger partial charge is 0.491 e. The molecular formula is C22H31FIN3O2. The number of hydrogen-bond acceptors (Lipinski definition) is 3. The molecule has 0 saturated heterocycles. The lowest BCUT2D eigenvalue weighted by Gasteiger charge is -2.15. The zero-order chi connectivity index (χ0) is 20.2. The predicted octanol–water partition coefficient (Wildman–Crippen LogP) is 4.08. The van der Waals surface area contributed by atoms with Crippen molar-refractivity contribution in [1.82, 2.24) is 10.6 Å². The molecule has 29 heavy (non-hydrogen) atoms. The van der Waals surface area contributed by atoms with Crippen molar-refractivity contribution in [2.24, 2.45) is 4.99 Å². The van der Waals surface area contributed by atoms with Crippen molar-refractivity contribution in [2.45, 2.75) is 26.8 Å². The fraction of sp³-hybridized carbons (Fsp3) is 0.409. The van der Waals surface area contributed by atoms with E-state index in [2.05, 4.69) is 27.8 Å². The van der Waals surface area contributed by atoms with Gasteiger partial charge in [-0.1, -0.05) is 24.3 Å². The normalized spacial score (nSPS) is 11.0. The summed E-state index contributed by atoms with van der Waals surface area (Å²) in [5.41, 5.74) is 3.29. The van der Waals surface area contributed by atoms with E-state index in [4.69, 9.17) is 9.47 Å². The summed E-state index contributed by atoms with van der Waals surface area (Å²) in [5, 5.41) is 6.59. The number of nitrogens with one attached hydrogen (secondary N) is 2. The molecule has 0 radical (unpaired) electrons. The van der Waals surface area contributed by atoms with Crippen LogP contribution in [0.1, 0.15) is 23.6 Å². The predicted molar refractivity (Wildman–Crippen MR) is 127 cm³/mol. The molecule has 0 fully saturated rings. The Hall–Kier alpha value is -1.87. The van der Waals surface area contributed by atoms with Crippen molar-refractivity contribution in [3.63, 3.8) is 0 Å². The molecule has 0 aliphatic carbocycles. The van der Waals surface area contributed by atoms with Gasteiger partial charge in [-0.3, -0.25) is 4.99 Å². The van der Waals surface area contributed by atoms with Crippen LogP contribution in [0, 0.1) is 12.7 Å². The van der Waals surface area contributed by atoms with Crippen LogP contribution >= 0.6 is 24.0 Å². The average molecular weight is 515 g/mol. The molecule has 2 rings (SSSR count). The molecule has 0 aromatic heterocycles. The highest BCUT2D eigenvalue weighted by atomic mass is 127. The van der Waals surface area contributed by atoms with Gasteiger partial charge in [-0.25, -0.2) is 4.39 Å². The van der Waals surface area contributed by atoms with Gasteiger partial charge in [-0.15, -0.1) is 24.0 Å². The van der Waals surface area contributed by atoms with Gasteiger partial charge in [0.15, 0.2) is 5.96 Å². The minimum atomic E-state index is -0.216. The van der Waals surface area contributed by atoms with E-state index in [1.807, 2.05) is 19.9 Å². The number of hydrogen-bond donors (Lipinski definition) is 2. The molecule has 2 aromatic carbocycles. The SMILES string of the molecule is CCOCCOc1cc(C)ccc1CNC(=NC)NCCc1ccc(F)cc1.I. The Morgan fingerprint density at radius 3 is 2.52 bits per heavy atom. The van der Waals surface area contributed by atoms with Crippen LogP contribution in [0.15, 0.2) is 47.5 Å². The van der Waals surface area contributed by atoms with E-state index in [0.29, 0.717) is 38.9 Å². The molecule has 0 saturated carbocycles. The fourth-order valence-corrected chi connectivity index (χ4v) is 2.67. The molecule has 0 aliphatic rings. The third-order valence-corrected chi connectivity index (χ3v) is 4.20. The summed E-state index contributed by atoms with van der Waals surface area (Å²) in [4.78, 5) is 4.26. The number of aliphatic imine (C=N–C) groups is 1. The van der Waals surface area contributed by atoms with Crippen LogP contribution < -0.4 is 15.4 Å². The summed E-state index contributed by atoms with van der Waals surface area (Å²) in [6.45, 7) is 7.10. The maximum Gasteiger partial charge on any atom is 0.191 e. The molecule has 0 heterocycles. The van der Waals surface area contributed by atoms with Crippen LogP contribution in [0.25, 0.3) is 0 Å². The van der Waals surface area contributed by atoms with E-state index in [9.17, 15) is 4.39 Å². The lowest BCUT2D eigenvalue weighted by Crippen LogP contribution is -2.37. The van der Waals surface area contributed by atoms with Gasteiger partial charge in [-0.2, -0.15) is 0 Å². The highest BCUT2D eigenvalue weighted by Crippen LogP contribution is 2.20. The Balaban J connectivity index is 0.00000420. The van der Waals surface area contributed by atoms with Crippen LogP contribution in [-0.2, 0) is 17.7 Å². The number of guanidine groups is 1. The smallest absolute Gasteiger partial charge is 0.191 e. The average Bonchev–Trinajstić information content (AvgIpc) is 2.70. The van der Waals surface area contributed by atoms with E-state index < -0.39 is 0 Å². The lowest BCUT2D eigenvalue weighted by atomic mass is 10.1. The van der Waals surface area contributed by atoms with Crippen LogP contribution in [-0.4, -0.2) is 39.4 Å². The lowest BCUT2D eigenvalue weighted by molar-refractivity contribution is 0.110. The van der Waals surface area contributed by atoms with E-state index >= 15 is 0 Å².